The molecule has 0 spiro atoms. The van der Waals surface area contributed by atoms with E-state index in [0.717, 1.165) is 66.0 Å². The van der Waals surface area contributed by atoms with Crippen LogP contribution in [0.3, 0.4) is 0 Å². The van der Waals surface area contributed by atoms with E-state index in [9.17, 15) is 8.42 Å². The molecule has 0 radical (unpaired) electrons. The van der Waals surface area contributed by atoms with E-state index in [0.29, 0.717) is 31.5 Å². The molecule has 8 nitrogen and oxygen atoms in total. The fourth-order valence-electron chi connectivity index (χ4n) is 5.52. The first-order valence-corrected chi connectivity index (χ1v) is 14.2. The molecule has 0 amide bonds. The molecule has 2 fully saturated rings. The lowest BCUT2D eigenvalue weighted by Crippen LogP contribution is -2.45. The zero-order chi connectivity index (χ0) is 23.7. The average molecular weight is 486 g/mol. The fourth-order valence-corrected chi connectivity index (χ4v) is 7.46. The summed E-state index contributed by atoms with van der Waals surface area (Å²) in [4.78, 5) is 7.66. The number of aromatic amines is 1. The van der Waals surface area contributed by atoms with Crippen molar-refractivity contribution in [1.82, 2.24) is 24.5 Å². The van der Waals surface area contributed by atoms with Crippen LogP contribution in [0.5, 0.6) is 0 Å². The van der Waals surface area contributed by atoms with Crippen LogP contribution < -0.4 is 0 Å². The van der Waals surface area contributed by atoms with Gasteiger partial charge < -0.3 is 9.72 Å². The lowest BCUT2D eigenvalue weighted by Gasteiger charge is -2.34. The number of aromatic nitrogens is 4. The minimum atomic E-state index is -3.28. The number of nitrogens with zero attached hydrogens (tertiary/aromatic N) is 4. The summed E-state index contributed by atoms with van der Waals surface area (Å²) < 4.78 is 34.1. The van der Waals surface area contributed by atoms with Crippen LogP contribution in [0.15, 0.2) is 24.7 Å². The van der Waals surface area contributed by atoms with Crippen molar-refractivity contribution in [2.75, 3.05) is 25.4 Å². The highest BCUT2D eigenvalue weighted by Gasteiger charge is 2.34. The first kappa shape index (κ1) is 23.6. The zero-order valence-electron chi connectivity index (χ0n) is 20.1. The van der Waals surface area contributed by atoms with Crippen LogP contribution in [0.25, 0.3) is 21.8 Å². The summed E-state index contributed by atoms with van der Waals surface area (Å²) in [7, 11) is -3.28. The van der Waals surface area contributed by atoms with Crippen molar-refractivity contribution in [2.45, 2.75) is 64.4 Å². The first-order valence-electron chi connectivity index (χ1n) is 12.6. The SMILES string of the molecule is CC(C)COC1CCCN(S(=O)(=O)CC2CCC(c3nncc4cnc5[nH]ccc5c34)CC2)C1. The number of ether oxygens (including phenoxy) is 1. The number of hydrogen-bond donors (Lipinski definition) is 1. The highest BCUT2D eigenvalue weighted by atomic mass is 32.2. The quantitative estimate of drug-likeness (QED) is 0.537. The van der Waals surface area contributed by atoms with Crippen LogP contribution in [0.2, 0.25) is 0 Å². The van der Waals surface area contributed by atoms with Crippen LogP contribution in [-0.2, 0) is 14.8 Å². The summed E-state index contributed by atoms with van der Waals surface area (Å²) in [5, 5.41) is 12.0. The second-order valence-corrected chi connectivity index (χ2v) is 12.4. The van der Waals surface area contributed by atoms with Crippen molar-refractivity contribution in [2.24, 2.45) is 11.8 Å². The Balaban J connectivity index is 1.23. The molecule has 1 atom stereocenters. The highest BCUT2D eigenvalue weighted by molar-refractivity contribution is 7.89. The molecular weight excluding hydrogens is 450 g/mol. The van der Waals surface area contributed by atoms with Gasteiger partial charge in [0.2, 0.25) is 10.0 Å². The van der Waals surface area contributed by atoms with Crippen molar-refractivity contribution in [3.63, 3.8) is 0 Å². The van der Waals surface area contributed by atoms with Gasteiger partial charge in [0.1, 0.15) is 5.65 Å². The minimum absolute atomic E-state index is 0.0198. The molecule has 1 aliphatic carbocycles. The van der Waals surface area contributed by atoms with Gasteiger partial charge in [0, 0.05) is 54.2 Å². The average Bonchev–Trinajstić information content (AvgIpc) is 3.32. The number of H-pyrrole nitrogens is 1. The number of pyridine rings is 1. The molecule has 1 saturated heterocycles. The number of fused-ring (bicyclic) bond motifs is 3. The molecule has 0 aromatic carbocycles. The molecule has 2 aliphatic rings. The van der Waals surface area contributed by atoms with Crippen molar-refractivity contribution in [3.05, 3.63) is 30.4 Å². The molecule has 184 valence electrons. The number of piperidine rings is 1. The highest BCUT2D eigenvalue weighted by Crippen LogP contribution is 2.39. The third-order valence-electron chi connectivity index (χ3n) is 7.31. The van der Waals surface area contributed by atoms with Gasteiger partial charge in [-0.25, -0.2) is 13.4 Å². The van der Waals surface area contributed by atoms with Crippen LogP contribution in [-0.4, -0.2) is 64.4 Å². The third-order valence-corrected chi connectivity index (χ3v) is 9.32. The zero-order valence-corrected chi connectivity index (χ0v) is 20.9. The molecule has 34 heavy (non-hydrogen) atoms. The summed E-state index contributed by atoms with van der Waals surface area (Å²) in [5.41, 5.74) is 1.88. The summed E-state index contributed by atoms with van der Waals surface area (Å²) >= 11 is 0. The second-order valence-electron chi connectivity index (χ2n) is 10.4. The van der Waals surface area contributed by atoms with E-state index < -0.39 is 10.0 Å². The fraction of sp³-hybridized carbons (Fsp3) is 0.640. The van der Waals surface area contributed by atoms with Crippen LogP contribution in [0.4, 0.5) is 0 Å². The number of nitrogens with one attached hydrogen (secondary N) is 1. The lowest BCUT2D eigenvalue weighted by molar-refractivity contribution is 0.00547. The standard InChI is InChI=1S/C25H35N5O3S/c1-17(2)15-33-21-4-3-11-30(14-21)34(31,32)16-18-5-7-19(8-6-18)24-23-20(13-28-29-24)12-27-25-22(23)9-10-26-25/h9-10,12-13,17-19,21H,3-8,11,14-16H2,1-2H3,(H,26,27). The third kappa shape index (κ3) is 4.97. The number of hydrogen-bond acceptors (Lipinski definition) is 6. The molecule has 1 N–H and O–H groups in total. The molecule has 3 aromatic heterocycles. The maximum absolute atomic E-state index is 13.2. The molecule has 3 aromatic rings. The summed E-state index contributed by atoms with van der Waals surface area (Å²) in [6.45, 7) is 6.04. The normalized spacial score (nSPS) is 24.9. The lowest BCUT2D eigenvalue weighted by atomic mass is 9.80. The monoisotopic (exact) mass is 485 g/mol. The van der Waals surface area contributed by atoms with Gasteiger partial charge in [-0.05, 0) is 56.4 Å². The molecule has 9 heteroatoms. The predicted octanol–water partition coefficient (Wildman–Crippen LogP) is 4.25. The van der Waals surface area contributed by atoms with Crippen LogP contribution in [0.1, 0.15) is 64.0 Å². The van der Waals surface area contributed by atoms with Crippen molar-refractivity contribution >= 4 is 31.8 Å². The molecule has 1 unspecified atom stereocenters. The van der Waals surface area contributed by atoms with Gasteiger partial charge in [0.05, 0.1) is 23.7 Å². The van der Waals surface area contributed by atoms with Gasteiger partial charge in [-0.15, -0.1) is 0 Å². The maximum atomic E-state index is 13.2. The molecule has 4 heterocycles. The Morgan fingerprint density at radius 1 is 1.18 bits per heavy atom. The van der Waals surface area contributed by atoms with Crippen LogP contribution in [0, 0.1) is 11.8 Å². The van der Waals surface area contributed by atoms with E-state index in [1.165, 1.54) is 0 Å². The van der Waals surface area contributed by atoms with Gasteiger partial charge in [0.15, 0.2) is 0 Å². The van der Waals surface area contributed by atoms with E-state index in [1.54, 1.807) is 10.5 Å². The smallest absolute Gasteiger partial charge is 0.214 e. The van der Waals surface area contributed by atoms with E-state index >= 15 is 0 Å². The maximum Gasteiger partial charge on any atom is 0.214 e. The van der Waals surface area contributed by atoms with E-state index in [1.807, 2.05) is 18.5 Å². The summed E-state index contributed by atoms with van der Waals surface area (Å²) in [5.74, 6) is 1.18. The first-order chi connectivity index (χ1) is 16.4. The minimum Gasteiger partial charge on any atom is -0.377 e. The summed E-state index contributed by atoms with van der Waals surface area (Å²) in [6.07, 6.45) is 11.0. The van der Waals surface area contributed by atoms with Gasteiger partial charge >= 0.3 is 0 Å². The Bertz CT molecular complexity index is 1230. The predicted molar refractivity (Wildman–Crippen MR) is 133 cm³/mol. The molecular formula is C25H35N5O3S. The Morgan fingerprint density at radius 3 is 2.79 bits per heavy atom. The van der Waals surface area contributed by atoms with Gasteiger partial charge in [-0.1, -0.05) is 13.8 Å². The molecule has 1 saturated carbocycles. The van der Waals surface area contributed by atoms with Crippen LogP contribution >= 0.6 is 0 Å². The topological polar surface area (TPSA) is 101 Å². The Hall–Kier alpha value is -2.10. The van der Waals surface area contributed by atoms with E-state index in [4.69, 9.17) is 4.74 Å². The Kier molecular flexibility index (Phi) is 6.86. The molecule has 1 aliphatic heterocycles. The van der Waals surface area contributed by atoms with Crippen molar-refractivity contribution in [1.29, 1.82) is 0 Å². The van der Waals surface area contributed by atoms with Crippen molar-refractivity contribution < 1.29 is 13.2 Å². The van der Waals surface area contributed by atoms with Gasteiger partial charge in [-0.3, -0.25) is 0 Å². The number of sulfonamides is 1. The van der Waals surface area contributed by atoms with Gasteiger partial charge in [-0.2, -0.15) is 14.5 Å². The molecule has 0 bridgehead atoms. The number of rotatable bonds is 7. The van der Waals surface area contributed by atoms with E-state index in [-0.39, 0.29) is 17.8 Å². The summed E-state index contributed by atoms with van der Waals surface area (Å²) in [6, 6.07) is 2.05. The Morgan fingerprint density at radius 2 is 2.00 bits per heavy atom. The van der Waals surface area contributed by atoms with E-state index in [2.05, 4.69) is 34.0 Å². The van der Waals surface area contributed by atoms with Crippen molar-refractivity contribution in [3.8, 4) is 0 Å². The molecule has 5 rings (SSSR count). The largest absolute Gasteiger partial charge is 0.377 e. The Labute approximate surface area is 201 Å². The van der Waals surface area contributed by atoms with Gasteiger partial charge in [0.25, 0.3) is 0 Å². The second kappa shape index (κ2) is 9.87.